The summed E-state index contributed by atoms with van der Waals surface area (Å²) in [5, 5.41) is 4.67. The first-order chi connectivity index (χ1) is 21.8. The molecule has 0 spiro atoms. The number of anilines is 1. The molecule has 0 saturated carbocycles. The number of amides is 1. The number of hydrogen-bond donors (Lipinski definition) is 1. The zero-order valence-electron chi connectivity index (χ0n) is 26.0. The molecule has 0 bridgehead atoms. The fourth-order valence-corrected chi connectivity index (χ4v) is 5.58. The minimum atomic E-state index is -1.19. The van der Waals surface area contributed by atoms with Gasteiger partial charge in [-0.1, -0.05) is 23.2 Å². The third kappa shape index (κ3) is 8.06. The number of pyridine rings is 1. The van der Waals surface area contributed by atoms with Gasteiger partial charge < -0.3 is 29.6 Å². The number of hydrogen-bond acceptors (Lipinski definition) is 10. The summed E-state index contributed by atoms with van der Waals surface area (Å²) in [6.07, 6.45) is 2.62. The standard InChI is InChI=1S/C31H36Cl2FN5O7/c1-16(26-23(32)6-7-24(34)27(26)33)44-25-12-20(13-36-28(25)35)21-14-37-39(15-21)22-8-10-38(11-9-22)29(40)17(2)45-31(42)19(4)46-30(41)18(3)43-5/h6-7,12-19,22H,8-11H2,1-5H3,(H2,35,36)/t16-,17?,18?,19?/m1/s1. The number of nitrogens with zero attached hydrogens (tertiary/aromatic N) is 4. The van der Waals surface area contributed by atoms with Crippen LogP contribution in [0.2, 0.25) is 10.0 Å². The van der Waals surface area contributed by atoms with Gasteiger partial charge in [-0.3, -0.25) is 9.48 Å². The molecule has 15 heteroatoms. The minimum absolute atomic E-state index is 0.0209. The second kappa shape index (κ2) is 15.1. The highest BCUT2D eigenvalue weighted by Crippen LogP contribution is 2.37. The number of carbonyl (C=O) groups excluding carboxylic acids is 3. The van der Waals surface area contributed by atoms with Crippen molar-refractivity contribution in [3.63, 3.8) is 0 Å². The van der Waals surface area contributed by atoms with Crippen LogP contribution in [0.25, 0.3) is 11.1 Å². The number of ether oxygens (including phenoxy) is 4. The van der Waals surface area contributed by atoms with Crippen molar-refractivity contribution in [1.82, 2.24) is 19.7 Å². The normalized spacial score (nSPS) is 16.3. The maximum absolute atomic E-state index is 14.1. The third-order valence-corrected chi connectivity index (χ3v) is 8.42. The minimum Gasteiger partial charge on any atom is -0.482 e. The first-order valence-corrected chi connectivity index (χ1v) is 15.4. The van der Waals surface area contributed by atoms with E-state index in [2.05, 4.69) is 10.1 Å². The second-order valence-electron chi connectivity index (χ2n) is 10.9. The van der Waals surface area contributed by atoms with E-state index in [-0.39, 0.29) is 33.6 Å². The number of benzene rings is 1. The summed E-state index contributed by atoms with van der Waals surface area (Å²) >= 11 is 12.4. The highest BCUT2D eigenvalue weighted by molar-refractivity contribution is 6.36. The van der Waals surface area contributed by atoms with Gasteiger partial charge in [0.15, 0.2) is 29.9 Å². The van der Waals surface area contributed by atoms with E-state index in [0.29, 0.717) is 37.1 Å². The lowest BCUT2D eigenvalue weighted by atomic mass is 10.0. The fraction of sp³-hybridized carbons (Fsp3) is 0.452. The molecule has 12 nitrogen and oxygen atoms in total. The van der Waals surface area contributed by atoms with Gasteiger partial charge in [-0.05, 0) is 58.7 Å². The van der Waals surface area contributed by atoms with Gasteiger partial charge in [0.05, 0.1) is 17.3 Å². The van der Waals surface area contributed by atoms with Crippen LogP contribution in [0.3, 0.4) is 0 Å². The summed E-state index contributed by atoms with van der Waals surface area (Å²) in [5.74, 6) is -2.07. The Bertz CT molecular complexity index is 1580. The van der Waals surface area contributed by atoms with E-state index in [1.165, 1.54) is 40.0 Å². The Hall–Kier alpha value is -3.94. The Kier molecular flexibility index (Phi) is 11.5. The van der Waals surface area contributed by atoms with E-state index >= 15 is 0 Å². The number of nitrogen functional groups attached to an aromatic ring is 1. The molecule has 3 aromatic rings. The molecule has 3 unspecified atom stereocenters. The molecule has 2 N–H and O–H groups in total. The molecule has 4 rings (SSSR count). The molecule has 1 aliphatic rings. The lowest BCUT2D eigenvalue weighted by Gasteiger charge is -2.33. The number of rotatable bonds is 11. The molecule has 248 valence electrons. The van der Waals surface area contributed by atoms with Gasteiger partial charge in [-0.25, -0.2) is 19.0 Å². The van der Waals surface area contributed by atoms with Gasteiger partial charge in [0.25, 0.3) is 5.91 Å². The zero-order chi connectivity index (χ0) is 33.7. The van der Waals surface area contributed by atoms with E-state index in [1.807, 2.05) is 10.9 Å². The average Bonchev–Trinajstić information content (AvgIpc) is 3.53. The number of carbonyl (C=O) groups is 3. The summed E-state index contributed by atoms with van der Waals surface area (Å²) in [4.78, 5) is 43.1. The molecule has 1 aliphatic heterocycles. The van der Waals surface area contributed by atoms with Crippen molar-refractivity contribution in [3.05, 3.63) is 58.2 Å². The predicted octanol–water partition coefficient (Wildman–Crippen LogP) is 5.18. The highest BCUT2D eigenvalue weighted by atomic mass is 35.5. The van der Waals surface area contributed by atoms with Crippen molar-refractivity contribution in [3.8, 4) is 16.9 Å². The van der Waals surface area contributed by atoms with Crippen molar-refractivity contribution < 1.29 is 37.7 Å². The largest absolute Gasteiger partial charge is 0.482 e. The molecule has 4 atom stereocenters. The van der Waals surface area contributed by atoms with Gasteiger partial charge in [0.2, 0.25) is 0 Å². The number of piperidine rings is 1. The average molecular weight is 681 g/mol. The lowest BCUT2D eigenvalue weighted by Crippen LogP contribution is -2.45. The summed E-state index contributed by atoms with van der Waals surface area (Å²) in [5.41, 5.74) is 7.83. The molecule has 1 aromatic carbocycles. The molecule has 0 aliphatic carbocycles. The first kappa shape index (κ1) is 34.9. The van der Waals surface area contributed by atoms with Crippen molar-refractivity contribution >= 4 is 46.9 Å². The zero-order valence-corrected chi connectivity index (χ0v) is 27.5. The van der Waals surface area contributed by atoms with Crippen LogP contribution in [-0.2, 0) is 28.6 Å². The third-order valence-electron chi connectivity index (χ3n) is 7.71. The Balaban J connectivity index is 1.34. The predicted molar refractivity (Wildman–Crippen MR) is 168 cm³/mol. The number of likely N-dealkylation sites (tertiary alicyclic amines) is 1. The first-order valence-electron chi connectivity index (χ1n) is 14.6. The van der Waals surface area contributed by atoms with Crippen LogP contribution in [0.15, 0.2) is 36.8 Å². The van der Waals surface area contributed by atoms with Crippen LogP contribution in [0, 0.1) is 5.82 Å². The Morgan fingerprint density at radius 2 is 1.63 bits per heavy atom. The maximum atomic E-state index is 14.1. The topological polar surface area (TPSA) is 148 Å². The van der Waals surface area contributed by atoms with E-state index in [1.54, 1.807) is 30.3 Å². The summed E-state index contributed by atoms with van der Waals surface area (Å²) < 4.78 is 37.1. The van der Waals surface area contributed by atoms with Crippen molar-refractivity contribution in [2.45, 2.75) is 71.0 Å². The Morgan fingerprint density at radius 3 is 2.30 bits per heavy atom. The number of aromatic nitrogens is 3. The SMILES string of the molecule is COC(C)C(=O)OC(C)C(=O)OC(C)C(=O)N1CCC(n2cc(-c3cnc(N)c(O[C@H](C)c4c(Cl)ccc(F)c4Cl)c3)cn2)CC1. The smallest absolute Gasteiger partial charge is 0.347 e. The quantitative estimate of drug-likeness (QED) is 0.212. The van der Waals surface area contributed by atoms with Crippen molar-refractivity contribution in [2.75, 3.05) is 25.9 Å². The molecular formula is C31H36Cl2FN5O7. The van der Waals surface area contributed by atoms with Crippen LogP contribution in [-0.4, -0.2) is 76.0 Å². The van der Waals surface area contributed by atoms with Crippen LogP contribution in [0.1, 0.15) is 58.2 Å². The highest BCUT2D eigenvalue weighted by Gasteiger charge is 2.31. The Morgan fingerprint density at radius 1 is 0.978 bits per heavy atom. The van der Waals surface area contributed by atoms with E-state index in [4.69, 9.17) is 47.9 Å². The molecule has 3 heterocycles. The van der Waals surface area contributed by atoms with Crippen molar-refractivity contribution in [1.29, 1.82) is 0 Å². The maximum Gasteiger partial charge on any atom is 0.347 e. The lowest BCUT2D eigenvalue weighted by molar-refractivity contribution is -0.177. The van der Waals surface area contributed by atoms with Gasteiger partial charge in [0, 0.05) is 54.3 Å². The molecule has 2 aromatic heterocycles. The van der Waals surface area contributed by atoms with Crippen LogP contribution in [0.5, 0.6) is 5.75 Å². The van der Waals surface area contributed by atoms with Gasteiger partial charge in [-0.15, -0.1) is 0 Å². The number of nitrogens with two attached hydrogens (primary N) is 1. The summed E-state index contributed by atoms with van der Waals surface area (Å²) in [6, 6.07) is 4.33. The van der Waals surface area contributed by atoms with E-state index in [0.717, 1.165) is 5.56 Å². The Labute approximate surface area is 275 Å². The number of methoxy groups -OCH3 is 1. The number of halogens is 3. The van der Waals surface area contributed by atoms with Gasteiger partial charge >= 0.3 is 11.9 Å². The second-order valence-corrected chi connectivity index (χ2v) is 11.7. The number of esters is 2. The van der Waals surface area contributed by atoms with E-state index in [9.17, 15) is 18.8 Å². The molecule has 1 fully saturated rings. The van der Waals surface area contributed by atoms with Gasteiger partial charge in [-0.2, -0.15) is 5.10 Å². The van der Waals surface area contributed by atoms with Crippen LogP contribution in [0.4, 0.5) is 10.2 Å². The van der Waals surface area contributed by atoms with E-state index < -0.39 is 42.2 Å². The van der Waals surface area contributed by atoms with Crippen molar-refractivity contribution in [2.24, 2.45) is 0 Å². The molecule has 0 radical (unpaired) electrons. The molecule has 1 saturated heterocycles. The molecular weight excluding hydrogens is 644 g/mol. The monoisotopic (exact) mass is 679 g/mol. The fourth-order valence-electron chi connectivity index (χ4n) is 4.90. The van der Waals surface area contributed by atoms with Crippen LogP contribution < -0.4 is 10.5 Å². The molecule has 46 heavy (non-hydrogen) atoms. The molecule has 1 amide bonds. The summed E-state index contributed by atoms with van der Waals surface area (Å²) in [7, 11) is 1.35. The summed E-state index contributed by atoms with van der Waals surface area (Å²) in [6.45, 7) is 6.90. The van der Waals surface area contributed by atoms with Gasteiger partial charge in [0.1, 0.15) is 11.9 Å². The van der Waals surface area contributed by atoms with Crippen LogP contribution >= 0.6 is 23.2 Å².